The van der Waals surface area contributed by atoms with Crippen LogP contribution in [-0.4, -0.2) is 44.9 Å². The number of benzene rings is 1. The zero-order valence-corrected chi connectivity index (χ0v) is 13.4. The molecule has 0 heterocycles. The fourth-order valence-corrected chi connectivity index (χ4v) is 2.57. The molecule has 0 radical (unpaired) electrons. The summed E-state index contributed by atoms with van der Waals surface area (Å²) in [5.74, 6) is 0. The fraction of sp³-hybridized carbons (Fsp3) is 0.571. The van der Waals surface area contributed by atoms with Crippen molar-refractivity contribution in [2.24, 2.45) is 0 Å². The molecule has 1 aromatic carbocycles. The van der Waals surface area contributed by atoms with E-state index in [9.17, 15) is 0 Å². The third-order valence-corrected chi connectivity index (χ3v) is 3.44. The van der Waals surface area contributed by atoms with Gasteiger partial charge >= 0.3 is 0 Å². The summed E-state index contributed by atoms with van der Waals surface area (Å²) in [5, 5.41) is 0. The van der Waals surface area contributed by atoms with Gasteiger partial charge in [0.2, 0.25) is 0 Å². The van der Waals surface area contributed by atoms with Crippen molar-refractivity contribution >= 4 is 21.6 Å². The van der Waals surface area contributed by atoms with Crippen LogP contribution in [0.25, 0.3) is 0 Å². The number of nitrogen functional groups attached to an aromatic ring is 1. The van der Waals surface area contributed by atoms with Gasteiger partial charge in [0.15, 0.2) is 0 Å². The Labute approximate surface area is 124 Å². The molecule has 1 atom stereocenters. The van der Waals surface area contributed by atoms with Crippen molar-refractivity contribution < 1.29 is 9.47 Å². The normalized spacial score (nSPS) is 12.9. The van der Waals surface area contributed by atoms with E-state index in [0.717, 1.165) is 23.2 Å². The molecule has 4 nitrogen and oxygen atoms in total. The minimum absolute atomic E-state index is 0.334. The lowest BCUT2D eigenvalue weighted by Crippen LogP contribution is -2.38. The van der Waals surface area contributed by atoms with Crippen molar-refractivity contribution in [3.63, 3.8) is 0 Å². The van der Waals surface area contributed by atoms with E-state index in [4.69, 9.17) is 15.2 Å². The van der Waals surface area contributed by atoms with E-state index in [1.54, 1.807) is 14.2 Å². The monoisotopic (exact) mass is 330 g/mol. The van der Waals surface area contributed by atoms with Crippen LogP contribution in [0.3, 0.4) is 0 Å². The molecule has 5 heteroatoms. The largest absolute Gasteiger partial charge is 0.399 e. The van der Waals surface area contributed by atoms with Gasteiger partial charge < -0.3 is 15.2 Å². The maximum absolute atomic E-state index is 5.87. The molecule has 2 N–H and O–H groups in total. The Morgan fingerprint density at radius 2 is 2.00 bits per heavy atom. The first kappa shape index (κ1) is 16.4. The highest BCUT2D eigenvalue weighted by atomic mass is 79.9. The van der Waals surface area contributed by atoms with E-state index in [0.29, 0.717) is 19.3 Å². The van der Waals surface area contributed by atoms with Gasteiger partial charge in [-0.25, -0.2) is 0 Å². The zero-order chi connectivity index (χ0) is 14.3. The van der Waals surface area contributed by atoms with Crippen molar-refractivity contribution in [2.45, 2.75) is 19.5 Å². The van der Waals surface area contributed by atoms with Gasteiger partial charge in [-0.2, -0.15) is 0 Å². The van der Waals surface area contributed by atoms with Crippen LogP contribution in [0.4, 0.5) is 5.69 Å². The number of anilines is 1. The van der Waals surface area contributed by atoms with E-state index >= 15 is 0 Å². The van der Waals surface area contributed by atoms with Crippen molar-refractivity contribution in [2.75, 3.05) is 39.7 Å². The molecular formula is C14H23BrN2O2. The lowest BCUT2D eigenvalue weighted by molar-refractivity contribution is 0.0705. The number of nitrogens with two attached hydrogens (primary N) is 1. The highest BCUT2D eigenvalue weighted by Crippen LogP contribution is 2.19. The maximum atomic E-state index is 5.87. The van der Waals surface area contributed by atoms with Gasteiger partial charge in [-0.3, -0.25) is 4.90 Å². The Balaban J connectivity index is 2.74. The van der Waals surface area contributed by atoms with Crippen LogP contribution in [-0.2, 0) is 16.0 Å². The number of nitrogens with zero attached hydrogens (tertiary/aromatic N) is 1. The molecular weight excluding hydrogens is 308 g/mol. The summed E-state index contributed by atoms with van der Waals surface area (Å²) in [6.07, 6.45) is 0. The first-order valence-corrected chi connectivity index (χ1v) is 7.13. The average Bonchev–Trinajstić information content (AvgIpc) is 2.33. The third kappa shape index (κ3) is 5.91. The lowest BCUT2D eigenvalue weighted by Gasteiger charge is -2.28. The average molecular weight is 331 g/mol. The number of halogens is 1. The van der Waals surface area contributed by atoms with Crippen LogP contribution < -0.4 is 5.73 Å². The second-order valence-corrected chi connectivity index (χ2v) is 5.58. The molecule has 1 unspecified atom stereocenters. The van der Waals surface area contributed by atoms with E-state index in [-0.39, 0.29) is 0 Å². The molecule has 0 fully saturated rings. The molecule has 0 aromatic heterocycles. The Hall–Kier alpha value is -0.620. The van der Waals surface area contributed by atoms with Crippen LogP contribution >= 0.6 is 15.9 Å². The fourth-order valence-electron chi connectivity index (χ4n) is 2.01. The van der Waals surface area contributed by atoms with Gasteiger partial charge in [0, 0.05) is 43.5 Å². The van der Waals surface area contributed by atoms with E-state index in [1.165, 1.54) is 5.56 Å². The van der Waals surface area contributed by atoms with E-state index in [2.05, 4.69) is 33.8 Å². The summed E-state index contributed by atoms with van der Waals surface area (Å²) in [5.41, 5.74) is 7.83. The minimum atomic E-state index is 0.334. The maximum Gasteiger partial charge on any atom is 0.0615 e. The number of ether oxygens (including phenoxy) is 2. The minimum Gasteiger partial charge on any atom is -0.399 e. The van der Waals surface area contributed by atoms with Crippen molar-refractivity contribution in [3.8, 4) is 0 Å². The van der Waals surface area contributed by atoms with Crippen molar-refractivity contribution in [1.29, 1.82) is 0 Å². The molecule has 19 heavy (non-hydrogen) atoms. The molecule has 0 spiro atoms. The first-order chi connectivity index (χ1) is 9.06. The number of methoxy groups -OCH3 is 2. The molecule has 0 saturated carbocycles. The lowest BCUT2D eigenvalue weighted by atomic mass is 10.1. The van der Waals surface area contributed by atoms with Gasteiger partial charge in [-0.15, -0.1) is 0 Å². The Kier molecular flexibility index (Phi) is 7.38. The molecule has 1 rings (SSSR count). The second kappa shape index (κ2) is 8.53. The molecule has 0 bridgehead atoms. The summed E-state index contributed by atoms with van der Waals surface area (Å²) >= 11 is 3.48. The van der Waals surface area contributed by atoms with Gasteiger partial charge in [0.05, 0.1) is 13.2 Å². The molecule has 0 aliphatic rings. The molecule has 0 aliphatic carbocycles. The predicted octanol–water partition coefficient (Wildman–Crippen LogP) is 2.51. The van der Waals surface area contributed by atoms with Gasteiger partial charge in [-0.1, -0.05) is 15.9 Å². The molecule has 0 aliphatic heterocycles. The summed E-state index contributed by atoms with van der Waals surface area (Å²) in [6.45, 7) is 5.26. The number of hydrogen-bond acceptors (Lipinski definition) is 4. The van der Waals surface area contributed by atoms with Gasteiger partial charge in [0.1, 0.15) is 0 Å². The van der Waals surface area contributed by atoms with E-state index < -0.39 is 0 Å². The molecule has 108 valence electrons. The SMILES string of the molecule is COCCN(Cc1cc(N)cc(Br)c1)C(C)COC. The van der Waals surface area contributed by atoms with Crippen molar-refractivity contribution in [3.05, 3.63) is 28.2 Å². The summed E-state index contributed by atoms with van der Waals surface area (Å²) in [4.78, 5) is 2.33. The van der Waals surface area contributed by atoms with Gasteiger partial charge in [0.25, 0.3) is 0 Å². The number of hydrogen-bond donors (Lipinski definition) is 1. The van der Waals surface area contributed by atoms with Crippen LogP contribution in [0, 0.1) is 0 Å². The van der Waals surface area contributed by atoms with Gasteiger partial charge in [-0.05, 0) is 30.7 Å². The Morgan fingerprint density at radius 1 is 1.26 bits per heavy atom. The Morgan fingerprint density at radius 3 is 2.58 bits per heavy atom. The number of rotatable bonds is 8. The van der Waals surface area contributed by atoms with Crippen molar-refractivity contribution in [1.82, 2.24) is 4.90 Å². The Bertz CT molecular complexity index is 367. The van der Waals surface area contributed by atoms with Crippen LogP contribution in [0.15, 0.2) is 22.7 Å². The standard InChI is InChI=1S/C14H23BrN2O2/c1-11(10-19-3)17(4-5-18-2)9-12-6-13(15)8-14(16)7-12/h6-8,11H,4-5,9-10,16H2,1-3H3. The quantitative estimate of drug-likeness (QED) is 0.744. The summed E-state index contributed by atoms with van der Waals surface area (Å²) < 4.78 is 11.4. The zero-order valence-electron chi connectivity index (χ0n) is 11.9. The highest BCUT2D eigenvalue weighted by Gasteiger charge is 2.14. The second-order valence-electron chi connectivity index (χ2n) is 4.66. The topological polar surface area (TPSA) is 47.7 Å². The highest BCUT2D eigenvalue weighted by molar-refractivity contribution is 9.10. The van der Waals surface area contributed by atoms with Crippen LogP contribution in [0.2, 0.25) is 0 Å². The van der Waals surface area contributed by atoms with Crippen LogP contribution in [0.1, 0.15) is 12.5 Å². The smallest absolute Gasteiger partial charge is 0.0615 e. The third-order valence-electron chi connectivity index (χ3n) is 2.98. The van der Waals surface area contributed by atoms with E-state index in [1.807, 2.05) is 12.1 Å². The molecule has 0 amide bonds. The van der Waals surface area contributed by atoms with Crippen LogP contribution in [0.5, 0.6) is 0 Å². The summed E-state index contributed by atoms with van der Waals surface area (Å²) in [6, 6.07) is 6.34. The predicted molar refractivity (Wildman–Crippen MR) is 82.2 cm³/mol. The molecule has 0 saturated heterocycles. The first-order valence-electron chi connectivity index (χ1n) is 6.33. The summed E-state index contributed by atoms with van der Waals surface area (Å²) in [7, 11) is 3.44. The molecule has 1 aromatic rings.